The number of nitro groups is 1. The summed E-state index contributed by atoms with van der Waals surface area (Å²) in [5.74, 6) is -0.467. The highest BCUT2D eigenvalue weighted by Gasteiger charge is 2.33. The summed E-state index contributed by atoms with van der Waals surface area (Å²) in [7, 11) is -3.90. The molecule has 2 atom stereocenters. The normalized spacial score (nSPS) is 13.3. The van der Waals surface area contributed by atoms with Crippen LogP contribution in [0, 0.1) is 17.0 Å². The number of sulfonamides is 1. The molecule has 0 heterocycles. The van der Waals surface area contributed by atoms with Crippen molar-refractivity contribution in [1.29, 1.82) is 0 Å². The molecule has 0 fully saturated rings. The van der Waals surface area contributed by atoms with Crippen molar-refractivity contribution in [1.82, 2.24) is 5.32 Å². The molecule has 9 heteroatoms. The molecule has 0 saturated heterocycles. The molecule has 31 heavy (non-hydrogen) atoms. The van der Waals surface area contributed by atoms with E-state index in [0.717, 1.165) is 22.5 Å². The Bertz CT molecular complexity index is 1050. The minimum absolute atomic E-state index is 0.124. The number of anilines is 1. The Morgan fingerprint density at radius 1 is 1.16 bits per heavy atom. The predicted octanol–water partition coefficient (Wildman–Crippen LogP) is 3.89. The smallest absolute Gasteiger partial charge is 0.271 e. The molecule has 0 radical (unpaired) electrons. The number of benzene rings is 2. The third-order valence-corrected chi connectivity index (χ3v) is 6.38. The molecule has 8 nitrogen and oxygen atoms in total. The van der Waals surface area contributed by atoms with Crippen molar-refractivity contribution >= 4 is 27.3 Å². The quantitative estimate of drug-likeness (QED) is 0.463. The van der Waals surface area contributed by atoms with E-state index < -0.39 is 26.9 Å². The lowest BCUT2D eigenvalue weighted by molar-refractivity contribution is -0.384. The third kappa shape index (κ3) is 5.81. The maximum Gasteiger partial charge on any atom is 0.271 e. The van der Waals surface area contributed by atoms with Crippen LogP contribution in [0.4, 0.5) is 11.4 Å². The summed E-state index contributed by atoms with van der Waals surface area (Å²) < 4.78 is 26.3. The number of nitrogens with one attached hydrogen (secondary N) is 1. The predicted molar refractivity (Wildman–Crippen MR) is 122 cm³/mol. The molecule has 0 saturated carbocycles. The van der Waals surface area contributed by atoms with E-state index in [1.807, 2.05) is 31.2 Å². The summed E-state index contributed by atoms with van der Waals surface area (Å²) in [4.78, 5) is 23.7. The van der Waals surface area contributed by atoms with Gasteiger partial charge in [-0.25, -0.2) is 8.42 Å². The number of nitro benzene ring substituents is 1. The lowest BCUT2D eigenvalue weighted by Gasteiger charge is -2.32. The Labute approximate surface area is 183 Å². The molecular weight excluding hydrogens is 418 g/mol. The van der Waals surface area contributed by atoms with Crippen molar-refractivity contribution in [3.05, 3.63) is 69.3 Å². The summed E-state index contributed by atoms with van der Waals surface area (Å²) in [6.07, 6.45) is 2.10. The van der Waals surface area contributed by atoms with E-state index in [0.29, 0.717) is 5.56 Å². The summed E-state index contributed by atoms with van der Waals surface area (Å²) in [6, 6.07) is 10.5. The van der Waals surface area contributed by atoms with E-state index in [-0.39, 0.29) is 23.8 Å². The largest absolute Gasteiger partial charge is 0.348 e. The summed E-state index contributed by atoms with van der Waals surface area (Å²) in [5, 5.41) is 14.1. The molecule has 0 unspecified atom stereocenters. The van der Waals surface area contributed by atoms with E-state index in [1.165, 1.54) is 23.8 Å². The van der Waals surface area contributed by atoms with Crippen molar-refractivity contribution in [2.24, 2.45) is 0 Å². The van der Waals surface area contributed by atoms with Crippen LogP contribution < -0.4 is 9.62 Å². The molecule has 2 rings (SSSR count). The van der Waals surface area contributed by atoms with E-state index in [9.17, 15) is 23.3 Å². The van der Waals surface area contributed by atoms with Crippen molar-refractivity contribution < 1.29 is 18.1 Å². The highest BCUT2D eigenvalue weighted by atomic mass is 32.2. The van der Waals surface area contributed by atoms with Crippen LogP contribution in [0.25, 0.3) is 0 Å². The summed E-state index contributed by atoms with van der Waals surface area (Å²) in [6.45, 7) is 7.24. The average molecular weight is 448 g/mol. The topological polar surface area (TPSA) is 110 Å². The number of non-ortho nitro benzene ring substituents is 1. The second-order valence-corrected chi connectivity index (χ2v) is 9.40. The first-order valence-corrected chi connectivity index (χ1v) is 12.0. The maximum absolute atomic E-state index is 13.1. The fourth-order valence-corrected chi connectivity index (χ4v) is 4.68. The molecule has 0 bridgehead atoms. The van der Waals surface area contributed by atoms with E-state index in [1.54, 1.807) is 13.8 Å². The molecule has 0 aliphatic rings. The number of nitrogens with zero attached hydrogens (tertiary/aromatic N) is 2. The standard InChI is InChI=1S/C22H29N3O5S/c1-6-17-9-11-18(12-10-17)16(4)23-22(26)20(7-2)24(31(5,29)30)21-14-19(25(27)28)13-8-15(21)3/h8-14,16,20H,6-7H2,1-5H3,(H,23,26)/t16-,20-/m1/s1. The van der Waals surface area contributed by atoms with Gasteiger partial charge in [-0.15, -0.1) is 0 Å². The first kappa shape index (κ1) is 24.3. The van der Waals surface area contributed by atoms with Gasteiger partial charge in [0.05, 0.1) is 22.9 Å². The van der Waals surface area contributed by atoms with Gasteiger partial charge in [-0.2, -0.15) is 0 Å². The van der Waals surface area contributed by atoms with Crippen LogP contribution in [0.1, 0.15) is 49.9 Å². The van der Waals surface area contributed by atoms with Crippen LogP contribution >= 0.6 is 0 Å². The van der Waals surface area contributed by atoms with Crippen LogP contribution in [0.3, 0.4) is 0 Å². The third-order valence-electron chi connectivity index (χ3n) is 5.22. The Kier molecular flexibility index (Phi) is 7.78. The molecule has 0 aliphatic carbocycles. The van der Waals surface area contributed by atoms with Crippen LogP contribution in [0.2, 0.25) is 0 Å². The van der Waals surface area contributed by atoms with E-state index in [4.69, 9.17) is 0 Å². The van der Waals surface area contributed by atoms with E-state index >= 15 is 0 Å². The molecule has 1 N–H and O–H groups in total. The highest BCUT2D eigenvalue weighted by Crippen LogP contribution is 2.30. The monoisotopic (exact) mass is 447 g/mol. The second kappa shape index (κ2) is 9.91. The van der Waals surface area contributed by atoms with Crippen LogP contribution in [-0.4, -0.2) is 31.5 Å². The number of carbonyl (C=O) groups excluding carboxylic acids is 1. The first-order chi connectivity index (χ1) is 14.5. The van der Waals surface area contributed by atoms with Crippen molar-refractivity contribution in [2.45, 2.75) is 52.6 Å². The number of aryl methyl sites for hydroxylation is 2. The maximum atomic E-state index is 13.1. The van der Waals surface area contributed by atoms with Crippen molar-refractivity contribution in [3.63, 3.8) is 0 Å². The van der Waals surface area contributed by atoms with Gasteiger partial charge in [-0.1, -0.05) is 44.2 Å². The fraction of sp³-hybridized carbons (Fsp3) is 0.409. The van der Waals surface area contributed by atoms with Gasteiger partial charge in [-0.3, -0.25) is 19.2 Å². The number of rotatable bonds is 9. The SMILES string of the molecule is CCc1ccc([C@@H](C)NC(=O)[C@@H](CC)N(c2cc([N+](=O)[O-])ccc2C)S(C)(=O)=O)cc1. The summed E-state index contributed by atoms with van der Waals surface area (Å²) >= 11 is 0. The molecule has 0 aliphatic heterocycles. The van der Waals surface area contributed by atoms with Gasteiger partial charge in [0, 0.05) is 12.1 Å². The number of amides is 1. The molecule has 1 amide bonds. The molecular formula is C22H29N3O5S. The Morgan fingerprint density at radius 3 is 2.26 bits per heavy atom. The van der Waals surface area contributed by atoms with E-state index in [2.05, 4.69) is 12.2 Å². The Hall–Kier alpha value is -2.94. The van der Waals surface area contributed by atoms with Gasteiger partial charge in [0.15, 0.2) is 0 Å². The lowest BCUT2D eigenvalue weighted by Crippen LogP contribution is -2.50. The van der Waals surface area contributed by atoms with Crippen molar-refractivity contribution in [3.8, 4) is 0 Å². The minimum atomic E-state index is -3.90. The Balaban J connectivity index is 2.39. The Morgan fingerprint density at radius 2 is 1.77 bits per heavy atom. The molecule has 2 aromatic rings. The van der Waals surface area contributed by atoms with Crippen LogP contribution in [-0.2, 0) is 21.2 Å². The van der Waals surface area contributed by atoms with Gasteiger partial charge in [0.25, 0.3) is 5.69 Å². The zero-order chi connectivity index (χ0) is 23.3. The number of hydrogen-bond acceptors (Lipinski definition) is 5. The zero-order valence-corrected chi connectivity index (χ0v) is 19.3. The van der Waals surface area contributed by atoms with Crippen LogP contribution in [0.5, 0.6) is 0 Å². The zero-order valence-electron chi connectivity index (χ0n) is 18.5. The first-order valence-electron chi connectivity index (χ1n) is 10.1. The van der Waals surface area contributed by atoms with Crippen molar-refractivity contribution in [2.75, 3.05) is 10.6 Å². The average Bonchev–Trinajstić information content (AvgIpc) is 2.71. The number of hydrogen-bond donors (Lipinski definition) is 1. The van der Waals surface area contributed by atoms with Gasteiger partial charge in [0.2, 0.25) is 15.9 Å². The molecule has 0 aromatic heterocycles. The van der Waals surface area contributed by atoms with Gasteiger partial charge in [-0.05, 0) is 43.4 Å². The minimum Gasteiger partial charge on any atom is -0.348 e. The summed E-state index contributed by atoms with van der Waals surface area (Å²) in [5.41, 5.74) is 2.48. The molecule has 168 valence electrons. The highest BCUT2D eigenvalue weighted by molar-refractivity contribution is 7.92. The number of carbonyl (C=O) groups is 1. The van der Waals surface area contributed by atoms with Gasteiger partial charge in [0.1, 0.15) is 6.04 Å². The van der Waals surface area contributed by atoms with Crippen LogP contribution in [0.15, 0.2) is 42.5 Å². The molecule has 2 aromatic carbocycles. The fourth-order valence-electron chi connectivity index (χ4n) is 3.42. The molecule has 0 spiro atoms. The second-order valence-electron chi connectivity index (χ2n) is 7.54. The lowest BCUT2D eigenvalue weighted by atomic mass is 10.0. The van der Waals surface area contributed by atoms with Gasteiger partial charge >= 0.3 is 0 Å². The van der Waals surface area contributed by atoms with Gasteiger partial charge < -0.3 is 5.32 Å².